The molecule has 0 bridgehead atoms. The number of rotatable bonds is 0. The van der Waals surface area contributed by atoms with E-state index < -0.39 is 0 Å². The fourth-order valence-corrected chi connectivity index (χ4v) is 1.31. The Morgan fingerprint density at radius 3 is 2.29 bits per heavy atom. The van der Waals surface area contributed by atoms with Gasteiger partial charge in [0.2, 0.25) is 0 Å². The molecule has 0 aliphatic heterocycles. The Bertz CT molecular complexity index is 332. The number of hydrogen-bond acceptors (Lipinski definition) is 0. The Morgan fingerprint density at radius 1 is 1.14 bits per heavy atom. The third-order valence-corrected chi connectivity index (χ3v) is 1.76. The van der Waals surface area contributed by atoms with Gasteiger partial charge < -0.3 is 0 Å². The van der Waals surface area contributed by atoms with Crippen molar-refractivity contribution in [2.24, 2.45) is 0 Å². The molecule has 0 atom stereocenters. The van der Waals surface area contributed by atoms with E-state index in [1.54, 1.807) is 0 Å². The molecule has 0 aromatic heterocycles. The van der Waals surface area contributed by atoms with Crippen LogP contribution in [0.5, 0.6) is 0 Å². The van der Waals surface area contributed by atoms with Gasteiger partial charge in [-0.25, -0.2) is 0 Å². The van der Waals surface area contributed by atoms with Gasteiger partial charge in [-0.3, -0.25) is 0 Å². The summed E-state index contributed by atoms with van der Waals surface area (Å²) in [4.78, 5) is 0. The summed E-state index contributed by atoms with van der Waals surface area (Å²) in [5, 5.41) is 2.69. The van der Waals surface area contributed by atoms with Crippen LogP contribution in [-0.2, 0) is 21.7 Å². The van der Waals surface area contributed by atoms with E-state index in [1.165, 1.54) is 16.3 Å². The minimum Gasteiger partial charge on any atom is -0.165 e. The molecule has 0 spiro atoms. The summed E-state index contributed by atoms with van der Waals surface area (Å²) >= 11 is 0. The Labute approximate surface area is 104 Å². The SMILES string of the molecule is C[Si]C.Cc1cc2ccccc2[cH-]1.[Ti]. The predicted octanol–water partition coefficient (Wildman–Crippen LogP) is 3.65. The molecule has 2 rings (SSSR count). The maximum Gasteiger partial charge on any atom is 0.0307 e. The molecular formula is C12H15SiTi-. The first-order valence-electron chi connectivity index (χ1n) is 4.48. The number of aryl methyl sites for hydroxylation is 1. The Morgan fingerprint density at radius 2 is 1.71 bits per heavy atom. The van der Waals surface area contributed by atoms with Crippen LogP contribution in [0.1, 0.15) is 5.56 Å². The summed E-state index contributed by atoms with van der Waals surface area (Å²) in [6.07, 6.45) is 0. The van der Waals surface area contributed by atoms with Crippen LogP contribution in [0.4, 0.5) is 0 Å². The van der Waals surface area contributed by atoms with Gasteiger partial charge in [0, 0.05) is 31.2 Å². The van der Waals surface area contributed by atoms with E-state index in [1.807, 2.05) is 0 Å². The minimum absolute atomic E-state index is 0. The second-order valence-corrected chi connectivity index (χ2v) is 4.16. The van der Waals surface area contributed by atoms with Crippen LogP contribution in [-0.4, -0.2) is 9.52 Å². The Balaban J connectivity index is 0.000000381. The van der Waals surface area contributed by atoms with Crippen molar-refractivity contribution in [2.45, 2.75) is 20.0 Å². The summed E-state index contributed by atoms with van der Waals surface area (Å²) in [6.45, 7) is 6.43. The Hall–Kier alpha value is -0.239. The van der Waals surface area contributed by atoms with Crippen LogP contribution in [0, 0.1) is 6.92 Å². The van der Waals surface area contributed by atoms with Gasteiger partial charge in [-0.15, -0.1) is 40.6 Å². The van der Waals surface area contributed by atoms with Gasteiger partial charge in [-0.05, 0) is 0 Å². The van der Waals surface area contributed by atoms with Crippen LogP contribution >= 0.6 is 0 Å². The molecule has 0 aliphatic rings. The molecule has 0 fully saturated rings. The van der Waals surface area contributed by atoms with Crippen LogP contribution < -0.4 is 0 Å². The third-order valence-electron chi connectivity index (χ3n) is 1.76. The Kier molecular flexibility index (Phi) is 6.98. The number of fused-ring (bicyclic) bond motifs is 1. The number of hydrogen-bond donors (Lipinski definition) is 0. The third kappa shape index (κ3) is 3.87. The maximum atomic E-state index is 2.20. The summed E-state index contributed by atoms with van der Waals surface area (Å²) in [5.41, 5.74) is 1.35. The standard InChI is InChI=1S/C10H9.C2H6Si.Ti/c1-8-6-9-4-2-3-5-10(9)7-8;1-3-2;/h2-7H,1H3;1-2H3;/q-1;;. The second kappa shape index (κ2) is 7.11. The van der Waals surface area contributed by atoms with E-state index in [2.05, 4.69) is 56.4 Å². The van der Waals surface area contributed by atoms with Crippen LogP contribution in [0.25, 0.3) is 10.8 Å². The predicted molar refractivity (Wildman–Crippen MR) is 61.8 cm³/mol. The van der Waals surface area contributed by atoms with E-state index >= 15 is 0 Å². The molecule has 0 aliphatic carbocycles. The molecule has 0 nitrogen and oxygen atoms in total. The van der Waals surface area contributed by atoms with Crippen molar-refractivity contribution < 1.29 is 21.7 Å². The molecule has 0 amide bonds. The first-order chi connectivity index (χ1) is 6.27. The van der Waals surface area contributed by atoms with Crippen LogP contribution in [0.3, 0.4) is 0 Å². The molecule has 0 unspecified atom stereocenters. The molecular weight excluding hydrogens is 220 g/mol. The molecule has 72 valence electrons. The molecule has 2 aromatic carbocycles. The molecule has 2 radical (unpaired) electrons. The van der Waals surface area contributed by atoms with Crippen molar-refractivity contribution in [1.29, 1.82) is 0 Å². The van der Waals surface area contributed by atoms with E-state index in [9.17, 15) is 0 Å². The van der Waals surface area contributed by atoms with E-state index in [4.69, 9.17) is 0 Å². The fourth-order valence-electron chi connectivity index (χ4n) is 1.31. The van der Waals surface area contributed by atoms with Crippen molar-refractivity contribution in [1.82, 2.24) is 0 Å². The topological polar surface area (TPSA) is 0 Å². The van der Waals surface area contributed by atoms with Gasteiger partial charge in [0.25, 0.3) is 0 Å². The van der Waals surface area contributed by atoms with Gasteiger partial charge in [-0.1, -0.05) is 26.1 Å². The second-order valence-electron chi connectivity index (χ2n) is 3.16. The zero-order valence-electron chi connectivity index (χ0n) is 8.96. The summed E-state index contributed by atoms with van der Waals surface area (Å²) in [5.74, 6) is 0. The monoisotopic (exact) mass is 235 g/mol. The fraction of sp³-hybridized carbons (Fsp3) is 0.250. The molecule has 14 heavy (non-hydrogen) atoms. The van der Waals surface area contributed by atoms with Crippen molar-refractivity contribution in [3.63, 3.8) is 0 Å². The van der Waals surface area contributed by atoms with Gasteiger partial charge in [0.05, 0.1) is 0 Å². The minimum atomic E-state index is 0. The first-order valence-corrected chi connectivity index (χ1v) is 6.48. The van der Waals surface area contributed by atoms with Crippen molar-refractivity contribution in [3.8, 4) is 0 Å². The van der Waals surface area contributed by atoms with Crippen LogP contribution in [0.15, 0.2) is 36.4 Å². The molecule has 0 saturated heterocycles. The van der Waals surface area contributed by atoms with E-state index in [0.29, 0.717) is 0 Å². The first kappa shape index (κ1) is 13.8. The zero-order chi connectivity index (χ0) is 9.68. The van der Waals surface area contributed by atoms with Gasteiger partial charge in [0.1, 0.15) is 0 Å². The van der Waals surface area contributed by atoms with Crippen molar-refractivity contribution >= 4 is 20.3 Å². The van der Waals surface area contributed by atoms with E-state index in [0.717, 1.165) is 9.52 Å². The van der Waals surface area contributed by atoms with Crippen molar-refractivity contribution in [3.05, 3.63) is 42.0 Å². The largest absolute Gasteiger partial charge is 0.165 e. The maximum absolute atomic E-state index is 2.20. The van der Waals surface area contributed by atoms with Crippen molar-refractivity contribution in [2.75, 3.05) is 0 Å². The van der Waals surface area contributed by atoms with Gasteiger partial charge in [0.15, 0.2) is 0 Å². The summed E-state index contributed by atoms with van der Waals surface area (Å²) in [6, 6.07) is 12.8. The molecule has 2 heteroatoms. The average molecular weight is 235 g/mol. The summed E-state index contributed by atoms with van der Waals surface area (Å²) in [7, 11) is 1.08. The summed E-state index contributed by atoms with van der Waals surface area (Å²) < 4.78 is 0. The number of benzene rings is 1. The average Bonchev–Trinajstić information content (AvgIpc) is 2.45. The molecule has 0 N–H and O–H groups in total. The van der Waals surface area contributed by atoms with Gasteiger partial charge >= 0.3 is 0 Å². The molecule has 2 aromatic rings. The van der Waals surface area contributed by atoms with Crippen LogP contribution in [0.2, 0.25) is 13.1 Å². The smallest absolute Gasteiger partial charge is 0.0307 e. The molecule has 0 heterocycles. The van der Waals surface area contributed by atoms with Gasteiger partial charge in [-0.2, -0.15) is 6.07 Å². The normalized spacial score (nSPS) is 8.79. The molecule has 0 saturated carbocycles. The zero-order valence-corrected chi connectivity index (χ0v) is 11.5. The van der Waals surface area contributed by atoms with E-state index in [-0.39, 0.29) is 21.7 Å². The quantitative estimate of drug-likeness (QED) is 0.483.